The maximum atomic E-state index is 12.2. The van der Waals surface area contributed by atoms with Gasteiger partial charge in [0.15, 0.2) is 5.69 Å². The maximum absolute atomic E-state index is 12.2. The van der Waals surface area contributed by atoms with Crippen LogP contribution in [0.1, 0.15) is 16.2 Å². The number of hydrogen-bond acceptors (Lipinski definition) is 4. The molecule has 2 aromatic rings. The van der Waals surface area contributed by atoms with Crippen LogP contribution in [-0.4, -0.2) is 47.8 Å². The van der Waals surface area contributed by atoms with E-state index in [0.717, 1.165) is 0 Å². The van der Waals surface area contributed by atoms with Crippen molar-refractivity contribution in [3.63, 3.8) is 0 Å². The largest absolute Gasteiger partial charge is 0.497 e. The second-order valence-corrected chi connectivity index (χ2v) is 5.44. The maximum Gasteiger partial charge on any atom is 0.323 e. The molecule has 0 bridgehead atoms. The van der Waals surface area contributed by atoms with Crippen LogP contribution in [0.5, 0.6) is 5.75 Å². The molecule has 1 aromatic heterocycles. The summed E-state index contributed by atoms with van der Waals surface area (Å²) < 4.78 is 6.63. The van der Waals surface area contributed by atoms with Crippen LogP contribution >= 0.6 is 0 Å². The molecule has 8 nitrogen and oxygen atoms in total. The van der Waals surface area contributed by atoms with E-state index in [0.29, 0.717) is 22.8 Å². The zero-order valence-corrected chi connectivity index (χ0v) is 14.4. The highest BCUT2D eigenvalue weighted by Gasteiger charge is 2.22. The fraction of sp³-hybridized carbons (Fsp3) is 0.312. The van der Waals surface area contributed by atoms with Crippen molar-refractivity contribution in [3.05, 3.63) is 35.7 Å². The smallest absolute Gasteiger partial charge is 0.323 e. The summed E-state index contributed by atoms with van der Waals surface area (Å²) in [5.41, 5.74) is 1.88. The number of carbonyl (C=O) groups is 2. The van der Waals surface area contributed by atoms with Crippen molar-refractivity contribution in [3.8, 4) is 5.75 Å². The van der Waals surface area contributed by atoms with Crippen LogP contribution in [0.2, 0.25) is 0 Å². The number of urea groups is 1. The summed E-state index contributed by atoms with van der Waals surface area (Å²) in [5, 5.41) is 9.59. The van der Waals surface area contributed by atoms with Gasteiger partial charge in [-0.05, 0) is 31.2 Å². The van der Waals surface area contributed by atoms with E-state index in [1.165, 1.54) is 4.90 Å². The lowest BCUT2D eigenvalue weighted by molar-refractivity contribution is 0.0822. The molecule has 0 saturated carbocycles. The SMILES string of the molecule is COc1ccc(NC(=O)Nc2c(C(=O)N(C)C)nn(C)c2C)cc1. The Morgan fingerprint density at radius 2 is 1.79 bits per heavy atom. The van der Waals surface area contributed by atoms with Gasteiger partial charge in [0.1, 0.15) is 5.75 Å². The summed E-state index contributed by atoms with van der Waals surface area (Å²) in [5.74, 6) is 0.418. The number of aromatic nitrogens is 2. The van der Waals surface area contributed by atoms with Crippen LogP contribution in [0.25, 0.3) is 0 Å². The monoisotopic (exact) mass is 331 g/mol. The minimum absolute atomic E-state index is 0.199. The number of aryl methyl sites for hydroxylation is 1. The van der Waals surface area contributed by atoms with Gasteiger partial charge in [-0.3, -0.25) is 9.48 Å². The van der Waals surface area contributed by atoms with Crippen LogP contribution in [0.3, 0.4) is 0 Å². The van der Waals surface area contributed by atoms with Gasteiger partial charge >= 0.3 is 6.03 Å². The molecule has 0 aliphatic carbocycles. The number of nitrogens with zero attached hydrogens (tertiary/aromatic N) is 3. The predicted octanol–water partition coefficient (Wildman–Crippen LogP) is 2.08. The van der Waals surface area contributed by atoms with Crippen LogP contribution in [0.15, 0.2) is 24.3 Å². The highest BCUT2D eigenvalue weighted by molar-refractivity contribution is 6.06. The molecule has 0 aliphatic rings. The number of nitrogens with one attached hydrogen (secondary N) is 2. The minimum Gasteiger partial charge on any atom is -0.497 e. The third kappa shape index (κ3) is 3.65. The van der Waals surface area contributed by atoms with Gasteiger partial charge in [0.2, 0.25) is 0 Å². The van der Waals surface area contributed by atoms with E-state index in [9.17, 15) is 9.59 Å². The summed E-state index contributed by atoms with van der Waals surface area (Å²) in [7, 11) is 6.55. The van der Waals surface area contributed by atoms with Crippen molar-refractivity contribution in [2.75, 3.05) is 31.8 Å². The van der Waals surface area contributed by atoms with Gasteiger partial charge in [-0.1, -0.05) is 0 Å². The average molecular weight is 331 g/mol. The molecule has 24 heavy (non-hydrogen) atoms. The third-order valence-electron chi connectivity index (χ3n) is 3.53. The van der Waals surface area contributed by atoms with E-state index >= 15 is 0 Å². The fourth-order valence-electron chi connectivity index (χ4n) is 2.07. The summed E-state index contributed by atoms with van der Waals surface area (Å²) in [6.07, 6.45) is 0. The third-order valence-corrected chi connectivity index (χ3v) is 3.53. The lowest BCUT2D eigenvalue weighted by Crippen LogP contribution is -2.25. The molecule has 0 unspecified atom stereocenters. The van der Waals surface area contributed by atoms with E-state index < -0.39 is 6.03 Å². The molecule has 0 aliphatic heterocycles. The standard InChI is InChI=1S/C16H21N5O3/c1-10-13(14(19-21(10)4)15(22)20(2)3)18-16(23)17-11-6-8-12(24-5)9-7-11/h6-9H,1-5H3,(H2,17,18,23). The molecular formula is C16H21N5O3. The quantitative estimate of drug-likeness (QED) is 0.898. The van der Waals surface area contributed by atoms with Gasteiger partial charge in [0.05, 0.1) is 18.5 Å². The van der Waals surface area contributed by atoms with Crippen molar-refractivity contribution < 1.29 is 14.3 Å². The number of carbonyl (C=O) groups excluding carboxylic acids is 2. The molecule has 1 aromatic carbocycles. The normalized spacial score (nSPS) is 10.2. The first kappa shape index (κ1) is 17.3. The average Bonchev–Trinajstić information content (AvgIpc) is 2.83. The summed E-state index contributed by atoms with van der Waals surface area (Å²) in [4.78, 5) is 25.8. The van der Waals surface area contributed by atoms with E-state index in [-0.39, 0.29) is 11.6 Å². The number of rotatable bonds is 4. The molecule has 0 atom stereocenters. The van der Waals surface area contributed by atoms with Gasteiger partial charge < -0.3 is 20.3 Å². The molecule has 0 fully saturated rings. The number of amides is 3. The molecule has 1 heterocycles. The molecular weight excluding hydrogens is 310 g/mol. The Kier molecular flexibility index (Phi) is 5.08. The first-order valence-corrected chi connectivity index (χ1v) is 7.30. The molecule has 128 valence electrons. The second kappa shape index (κ2) is 7.03. The molecule has 0 saturated heterocycles. The molecule has 2 rings (SSSR count). The number of benzene rings is 1. The zero-order chi connectivity index (χ0) is 17.9. The Labute approximate surface area is 140 Å². The van der Waals surface area contributed by atoms with Gasteiger partial charge in [0, 0.05) is 26.8 Å². The Hall–Kier alpha value is -3.03. The summed E-state index contributed by atoms with van der Waals surface area (Å²) >= 11 is 0. The summed E-state index contributed by atoms with van der Waals surface area (Å²) in [6.45, 7) is 1.78. The number of ether oxygens (including phenoxy) is 1. The second-order valence-electron chi connectivity index (χ2n) is 5.44. The minimum atomic E-state index is -0.455. The van der Waals surface area contributed by atoms with Crippen LogP contribution in [0.4, 0.5) is 16.2 Å². The number of anilines is 2. The van der Waals surface area contributed by atoms with Crippen molar-refractivity contribution in [1.29, 1.82) is 0 Å². The lowest BCUT2D eigenvalue weighted by Gasteiger charge is -2.11. The van der Waals surface area contributed by atoms with E-state index in [1.807, 2.05) is 0 Å². The Morgan fingerprint density at radius 1 is 1.17 bits per heavy atom. The molecule has 0 spiro atoms. The van der Waals surface area contributed by atoms with Crippen LogP contribution in [-0.2, 0) is 7.05 Å². The van der Waals surface area contributed by atoms with Crippen LogP contribution in [0, 0.1) is 6.92 Å². The van der Waals surface area contributed by atoms with Crippen molar-refractivity contribution in [1.82, 2.24) is 14.7 Å². The van der Waals surface area contributed by atoms with Crippen molar-refractivity contribution in [2.45, 2.75) is 6.92 Å². The van der Waals surface area contributed by atoms with Gasteiger partial charge in [0.25, 0.3) is 5.91 Å². The van der Waals surface area contributed by atoms with Crippen molar-refractivity contribution >= 4 is 23.3 Å². The molecule has 0 radical (unpaired) electrons. The van der Waals surface area contributed by atoms with E-state index in [4.69, 9.17) is 4.74 Å². The van der Waals surface area contributed by atoms with Gasteiger partial charge in [-0.2, -0.15) is 5.10 Å². The molecule has 8 heteroatoms. The predicted molar refractivity (Wildman–Crippen MR) is 91.6 cm³/mol. The van der Waals surface area contributed by atoms with Crippen molar-refractivity contribution in [2.24, 2.45) is 7.05 Å². The zero-order valence-electron chi connectivity index (χ0n) is 14.4. The molecule has 2 N–H and O–H groups in total. The Morgan fingerprint density at radius 3 is 2.33 bits per heavy atom. The first-order valence-electron chi connectivity index (χ1n) is 7.30. The number of methoxy groups -OCH3 is 1. The van der Waals surface area contributed by atoms with Gasteiger partial charge in [-0.15, -0.1) is 0 Å². The first-order chi connectivity index (χ1) is 11.3. The summed E-state index contributed by atoms with van der Waals surface area (Å²) in [6, 6.07) is 6.47. The highest BCUT2D eigenvalue weighted by Crippen LogP contribution is 2.21. The van der Waals surface area contributed by atoms with Crippen LogP contribution < -0.4 is 15.4 Å². The molecule has 3 amide bonds. The topological polar surface area (TPSA) is 88.5 Å². The number of hydrogen-bond donors (Lipinski definition) is 2. The fourth-order valence-corrected chi connectivity index (χ4v) is 2.07. The Balaban J connectivity index is 2.17. The highest BCUT2D eigenvalue weighted by atomic mass is 16.5. The lowest BCUT2D eigenvalue weighted by atomic mass is 10.2. The van der Waals surface area contributed by atoms with E-state index in [2.05, 4.69) is 15.7 Å². The van der Waals surface area contributed by atoms with E-state index in [1.54, 1.807) is 64.1 Å². The Bertz CT molecular complexity index is 750. The van der Waals surface area contributed by atoms with Gasteiger partial charge in [-0.25, -0.2) is 4.79 Å².